The van der Waals surface area contributed by atoms with Gasteiger partial charge in [-0.2, -0.15) is 0 Å². The Labute approximate surface area is 125 Å². The highest BCUT2D eigenvalue weighted by molar-refractivity contribution is 7.15. The molecule has 4 aromatic rings. The molecule has 4 rings (SSSR count). The van der Waals surface area contributed by atoms with Crippen LogP contribution in [0.3, 0.4) is 0 Å². The van der Waals surface area contributed by atoms with Crippen molar-refractivity contribution in [3.8, 4) is 0 Å². The predicted octanol–water partition coefficient (Wildman–Crippen LogP) is 2.32. The number of fused-ring (bicyclic) bond motifs is 2. The van der Waals surface area contributed by atoms with E-state index >= 15 is 0 Å². The maximum atomic E-state index is 6.28. The minimum absolute atomic E-state index is 0.0206. The van der Waals surface area contributed by atoms with Crippen molar-refractivity contribution >= 4 is 27.3 Å². The molecule has 0 radical (unpaired) electrons. The molecule has 6 heteroatoms. The van der Waals surface area contributed by atoms with Crippen molar-refractivity contribution in [3.63, 3.8) is 0 Å². The molecule has 0 bridgehead atoms. The fourth-order valence-corrected chi connectivity index (χ4v) is 3.33. The molecule has 1 unspecified atom stereocenters. The zero-order valence-corrected chi connectivity index (χ0v) is 12.2. The molecule has 21 heavy (non-hydrogen) atoms. The third kappa shape index (κ3) is 2.32. The first-order valence-corrected chi connectivity index (χ1v) is 7.74. The molecule has 0 aliphatic carbocycles. The van der Waals surface area contributed by atoms with Crippen molar-refractivity contribution < 1.29 is 0 Å². The van der Waals surface area contributed by atoms with Crippen LogP contribution in [-0.4, -0.2) is 25.0 Å². The van der Waals surface area contributed by atoms with Crippen molar-refractivity contribution in [3.05, 3.63) is 54.1 Å². The number of benzene rings is 1. The maximum absolute atomic E-state index is 6.28. The molecule has 3 aromatic heterocycles. The molecule has 0 spiro atoms. The Morgan fingerprint density at radius 3 is 3.10 bits per heavy atom. The number of nitrogens with zero attached hydrogens (tertiary/aromatic N) is 4. The Kier molecular flexibility index (Phi) is 2.98. The quantitative estimate of drug-likeness (QED) is 0.629. The van der Waals surface area contributed by atoms with Crippen LogP contribution in [0.5, 0.6) is 0 Å². The molecule has 0 saturated carbocycles. The first kappa shape index (κ1) is 12.6. The van der Waals surface area contributed by atoms with E-state index in [-0.39, 0.29) is 6.04 Å². The first-order chi connectivity index (χ1) is 10.3. The lowest BCUT2D eigenvalue weighted by Gasteiger charge is -2.11. The number of para-hydroxylation sites is 2. The number of hydrogen-bond acceptors (Lipinski definition) is 4. The van der Waals surface area contributed by atoms with Crippen molar-refractivity contribution in [2.45, 2.75) is 19.0 Å². The summed E-state index contributed by atoms with van der Waals surface area (Å²) < 4.78 is 4.15. The van der Waals surface area contributed by atoms with Gasteiger partial charge in [-0.1, -0.05) is 12.1 Å². The topological polar surface area (TPSA) is 61.1 Å². The highest BCUT2D eigenvalue weighted by Gasteiger charge is 2.11. The second-order valence-corrected chi connectivity index (χ2v) is 6.05. The Bertz CT molecular complexity index is 859. The second kappa shape index (κ2) is 4.98. The molecule has 1 aromatic carbocycles. The Morgan fingerprint density at radius 2 is 2.19 bits per heavy atom. The lowest BCUT2D eigenvalue weighted by molar-refractivity contribution is 0.555. The minimum Gasteiger partial charge on any atom is -0.329 e. The summed E-state index contributed by atoms with van der Waals surface area (Å²) in [6.07, 6.45) is 6.69. The monoisotopic (exact) mass is 297 g/mol. The zero-order chi connectivity index (χ0) is 14.2. The summed E-state index contributed by atoms with van der Waals surface area (Å²) >= 11 is 1.64. The van der Waals surface area contributed by atoms with E-state index in [1.54, 1.807) is 11.3 Å². The average Bonchev–Trinajstić information content (AvgIpc) is 3.14. The van der Waals surface area contributed by atoms with Crippen LogP contribution in [-0.2, 0) is 13.0 Å². The molecule has 2 N–H and O–H groups in total. The maximum Gasteiger partial charge on any atom is 0.193 e. The van der Waals surface area contributed by atoms with Crippen molar-refractivity contribution in [2.24, 2.45) is 5.73 Å². The molecule has 3 heterocycles. The Morgan fingerprint density at radius 1 is 1.29 bits per heavy atom. The molecule has 0 fully saturated rings. The minimum atomic E-state index is 0.0206. The lowest BCUT2D eigenvalue weighted by Crippen LogP contribution is -2.28. The van der Waals surface area contributed by atoms with Crippen LogP contribution in [0.4, 0.5) is 0 Å². The van der Waals surface area contributed by atoms with Gasteiger partial charge in [-0.3, -0.25) is 4.40 Å². The second-order valence-electron chi connectivity index (χ2n) is 5.17. The van der Waals surface area contributed by atoms with Crippen LogP contribution in [0.1, 0.15) is 5.69 Å². The summed E-state index contributed by atoms with van der Waals surface area (Å²) in [5.41, 5.74) is 9.46. The molecule has 5 nitrogen and oxygen atoms in total. The normalized spacial score (nSPS) is 13.2. The highest BCUT2D eigenvalue weighted by atomic mass is 32.1. The van der Waals surface area contributed by atoms with E-state index in [2.05, 4.69) is 26.8 Å². The van der Waals surface area contributed by atoms with Crippen molar-refractivity contribution in [2.75, 3.05) is 0 Å². The van der Waals surface area contributed by atoms with E-state index in [9.17, 15) is 0 Å². The van der Waals surface area contributed by atoms with Crippen LogP contribution in [0.2, 0.25) is 0 Å². The van der Waals surface area contributed by atoms with Gasteiger partial charge in [-0.05, 0) is 12.1 Å². The molecule has 1 atom stereocenters. The smallest absolute Gasteiger partial charge is 0.193 e. The Hall–Kier alpha value is -2.18. The number of rotatable bonds is 4. The van der Waals surface area contributed by atoms with Gasteiger partial charge in [0, 0.05) is 36.8 Å². The van der Waals surface area contributed by atoms with E-state index in [4.69, 9.17) is 5.73 Å². The van der Waals surface area contributed by atoms with Crippen molar-refractivity contribution in [1.82, 2.24) is 18.9 Å². The fourth-order valence-electron chi connectivity index (χ4n) is 2.62. The average molecular weight is 297 g/mol. The van der Waals surface area contributed by atoms with Gasteiger partial charge in [-0.15, -0.1) is 11.3 Å². The van der Waals surface area contributed by atoms with Gasteiger partial charge in [-0.25, -0.2) is 9.97 Å². The molecule has 0 saturated heterocycles. The number of aromatic nitrogens is 4. The third-order valence-electron chi connectivity index (χ3n) is 3.57. The summed E-state index contributed by atoms with van der Waals surface area (Å²) in [6, 6.07) is 8.13. The standard InChI is InChI=1S/C15H15N5S/c16-11(7-12-9-19-5-6-21-15(19)18-12)8-20-10-17-13-3-1-2-4-14(13)20/h1-6,9-11H,7-8,16H2. The number of hydrogen-bond donors (Lipinski definition) is 1. The lowest BCUT2D eigenvalue weighted by atomic mass is 10.2. The van der Waals surface area contributed by atoms with Gasteiger partial charge in [0.05, 0.1) is 23.1 Å². The van der Waals surface area contributed by atoms with Crippen LogP contribution in [0.15, 0.2) is 48.4 Å². The summed E-state index contributed by atoms with van der Waals surface area (Å²) in [7, 11) is 0. The molecule has 0 aliphatic rings. The number of imidazole rings is 2. The van der Waals surface area contributed by atoms with E-state index in [0.29, 0.717) is 0 Å². The molecular weight excluding hydrogens is 282 g/mol. The van der Waals surface area contributed by atoms with Crippen LogP contribution in [0, 0.1) is 0 Å². The summed E-state index contributed by atoms with van der Waals surface area (Å²) in [4.78, 5) is 9.99. The van der Waals surface area contributed by atoms with E-state index in [1.807, 2.05) is 40.5 Å². The molecule has 0 aliphatic heterocycles. The number of nitrogens with two attached hydrogens (primary N) is 1. The first-order valence-electron chi connectivity index (χ1n) is 6.86. The van der Waals surface area contributed by atoms with Crippen molar-refractivity contribution in [1.29, 1.82) is 0 Å². The predicted molar refractivity (Wildman–Crippen MR) is 84.5 cm³/mol. The highest BCUT2D eigenvalue weighted by Crippen LogP contribution is 2.15. The summed E-state index contributed by atoms with van der Waals surface area (Å²) in [6.45, 7) is 0.742. The molecule has 106 valence electrons. The third-order valence-corrected chi connectivity index (χ3v) is 4.34. The van der Waals surface area contributed by atoms with Crippen LogP contribution < -0.4 is 5.73 Å². The Balaban J connectivity index is 1.52. The van der Waals surface area contributed by atoms with Gasteiger partial charge in [0.25, 0.3) is 0 Å². The van der Waals surface area contributed by atoms with Crippen LogP contribution in [0.25, 0.3) is 16.0 Å². The van der Waals surface area contributed by atoms with Crippen LogP contribution >= 0.6 is 11.3 Å². The van der Waals surface area contributed by atoms with Gasteiger partial charge >= 0.3 is 0 Å². The van der Waals surface area contributed by atoms with E-state index in [0.717, 1.165) is 34.7 Å². The van der Waals surface area contributed by atoms with Gasteiger partial charge in [0.1, 0.15) is 0 Å². The fraction of sp³-hybridized carbons (Fsp3) is 0.200. The van der Waals surface area contributed by atoms with Gasteiger partial charge < -0.3 is 10.3 Å². The van der Waals surface area contributed by atoms with E-state index in [1.165, 1.54) is 0 Å². The van der Waals surface area contributed by atoms with Gasteiger partial charge in [0.2, 0.25) is 0 Å². The van der Waals surface area contributed by atoms with E-state index < -0.39 is 0 Å². The van der Waals surface area contributed by atoms with Gasteiger partial charge in [0.15, 0.2) is 4.96 Å². The summed E-state index contributed by atoms with van der Waals surface area (Å²) in [5, 5.41) is 2.03. The summed E-state index contributed by atoms with van der Waals surface area (Å²) in [5.74, 6) is 0. The SMILES string of the molecule is NC(Cc1cn2ccsc2n1)Cn1cnc2ccccc21. The molecular formula is C15H15N5S. The molecule has 0 amide bonds. The largest absolute Gasteiger partial charge is 0.329 e. The zero-order valence-electron chi connectivity index (χ0n) is 11.4. The number of thiazole rings is 1.